The second kappa shape index (κ2) is 27.8. The summed E-state index contributed by atoms with van der Waals surface area (Å²) in [6.45, 7) is 30.3. The Hall–Kier alpha value is -2.59. The number of rotatable bonds is 28. The van der Waals surface area contributed by atoms with Crippen molar-refractivity contribution in [3.63, 3.8) is 0 Å². The van der Waals surface area contributed by atoms with Gasteiger partial charge in [0.1, 0.15) is 0 Å². The molecule has 0 aliphatic carbocycles. The van der Waals surface area contributed by atoms with Crippen molar-refractivity contribution in [2.75, 3.05) is 27.0 Å². The number of esters is 3. The Morgan fingerprint density at radius 2 is 0.794 bits per heavy atom. The van der Waals surface area contributed by atoms with E-state index in [0.717, 1.165) is 48.0 Å². The van der Waals surface area contributed by atoms with E-state index in [1.165, 1.54) is 5.57 Å². The lowest BCUT2D eigenvalue weighted by atomic mass is 9.98. The van der Waals surface area contributed by atoms with E-state index in [9.17, 15) is 14.4 Å². The van der Waals surface area contributed by atoms with Crippen LogP contribution < -0.4 is 0 Å². The molecular weight excluding hydrogens is 842 g/mol. The predicted octanol–water partition coefficient (Wildman–Crippen LogP) is 14.7. The number of carbonyl (C=O) groups is 3. The van der Waals surface area contributed by atoms with E-state index in [2.05, 4.69) is 25.2 Å². The van der Waals surface area contributed by atoms with E-state index >= 15 is 9.13 Å². The van der Waals surface area contributed by atoms with E-state index in [1.807, 2.05) is 67.5 Å². The summed E-state index contributed by atoms with van der Waals surface area (Å²) in [4.78, 5) is 37.0. The van der Waals surface area contributed by atoms with E-state index in [-0.39, 0.29) is 25.4 Å². The molecule has 2 atom stereocenters. The molecular formula is C49H86O12P2. The fraction of sp³-hybridized carbons (Fsp3) is 0.735. The number of allylic oxidation sites excluding steroid dienone is 10. The van der Waals surface area contributed by atoms with Gasteiger partial charge in [-0.05, 0) is 181 Å². The van der Waals surface area contributed by atoms with Gasteiger partial charge in [0, 0.05) is 0 Å². The van der Waals surface area contributed by atoms with Crippen LogP contribution in [-0.4, -0.2) is 49.8 Å². The minimum Gasteiger partial charge on any atom is -0.438 e. The van der Waals surface area contributed by atoms with E-state index in [0.29, 0.717) is 19.3 Å². The molecule has 0 aromatic carbocycles. The molecule has 0 radical (unpaired) electrons. The van der Waals surface area contributed by atoms with Gasteiger partial charge in [-0.25, -0.2) is 0 Å². The highest BCUT2D eigenvalue weighted by atomic mass is 31.2. The maximum atomic E-state index is 16.3. The van der Waals surface area contributed by atoms with E-state index < -0.39 is 74.6 Å². The van der Waals surface area contributed by atoms with Crippen molar-refractivity contribution in [2.24, 2.45) is 22.2 Å². The van der Waals surface area contributed by atoms with Crippen LogP contribution in [0.5, 0.6) is 0 Å². The molecule has 0 rings (SSSR count). The highest BCUT2D eigenvalue weighted by Gasteiger charge is 2.65. The second-order valence-corrected chi connectivity index (χ2v) is 25.6. The Morgan fingerprint density at radius 3 is 1.11 bits per heavy atom. The molecule has 0 aromatic rings. The van der Waals surface area contributed by atoms with Crippen LogP contribution in [0.25, 0.3) is 0 Å². The fourth-order valence-corrected chi connectivity index (χ4v) is 10.7. The zero-order valence-corrected chi connectivity index (χ0v) is 44.2. The zero-order chi connectivity index (χ0) is 48.9. The maximum absolute atomic E-state index is 16.3. The van der Waals surface area contributed by atoms with Crippen molar-refractivity contribution in [3.8, 4) is 0 Å². The minimum absolute atomic E-state index is 0.0905. The quantitative estimate of drug-likeness (QED) is 0.0241. The van der Waals surface area contributed by atoms with E-state index in [1.54, 1.807) is 62.3 Å². The SMILES string of the molecule is CC(C)=CCC/C(C)=C/CC(C/C=C(\C)CCC=C(C)C)(P(=O)(OCC[C@@H](C)CCC=C(C)C)OCOC(=O)C(C)(C)C)P(=O)(OCOC(=O)C(C)(C)C)OCOC(=O)C(C)(C)C. The molecule has 0 aliphatic rings. The maximum Gasteiger partial charge on any atom is 0.355 e. The topological polar surface area (TPSA) is 150 Å². The predicted molar refractivity (Wildman–Crippen MR) is 255 cm³/mol. The van der Waals surface area contributed by atoms with Crippen LogP contribution in [0.3, 0.4) is 0 Å². The number of hydrogen-bond donors (Lipinski definition) is 0. The van der Waals surface area contributed by atoms with Gasteiger partial charge in [0.25, 0.3) is 0 Å². The molecule has 0 fully saturated rings. The summed E-state index contributed by atoms with van der Waals surface area (Å²) in [5.74, 6) is -1.81. The van der Waals surface area contributed by atoms with Gasteiger partial charge in [-0.1, -0.05) is 65.2 Å². The Morgan fingerprint density at radius 1 is 0.476 bits per heavy atom. The monoisotopic (exact) mass is 929 g/mol. The molecule has 0 aromatic heterocycles. The summed E-state index contributed by atoms with van der Waals surface area (Å²) >= 11 is 0. The fourth-order valence-electron chi connectivity index (χ4n) is 5.56. The third-order valence-corrected chi connectivity index (χ3v) is 16.0. The summed E-state index contributed by atoms with van der Waals surface area (Å²) in [5.41, 5.74) is 2.42. The van der Waals surface area contributed by atoms with Gasteiger partial charge in [-0.2, -0.15) is 0 Å². The summed E-state index contributed by atoms with van der Waals surface area (Å²) in [6.07, 6.45) is 14.3. The lowest BCUT2D eigenvalue weighted by Gasteiger charge is -2.41. The molecule has 0 saturated heterocycles. The summed E-state index contributed by atoms with van der Waals surface area (Å²) in [5, 5.41) is 0. The van der Waals surface area contributed by atoms with Crippen LogP contribution in [0.2, 0.25) is 0 Å². The first-order valence-corrected chi connectivity index (χ1v) is 25.4. The molecule has 63 heavy (non-hydrogen) atoms. The van der Waals surface area contributed by atoms with Crippen molar-refractivity contribution in [1.29, 1.82) is 0 Å². The highest BCUT2D eigenvalue weighted by molar-refractivity contribution is 7.74. The third kappa shape index (κ3) is 23.4. The third-order valence-electron chi connectivity index (χ3n) is 9.92. The average Bonchev–Trinajstić information content (AvgIpc) is 3.13. The summed E-state index contributed by atoms with van der Waals surface area (Å²) < 4.78 is 73.9. The molecule has 0 aliphatic heterocycles. The van der Waals surface area contributed by atoms with Gasteiger partial charge in [-0.3, -0.25) is 37.1 Å². The van der Waals surface area contributed by atoms with Crippen molar-refractivity contribution >= 4 is 33.1 Å². The molecule has 0 spiro atoms. The van der Waals surface area contributed by atoms with Crippen LogP contribution in [-0.2, 0) is 55.8 Å². The van der Waals surface area contributed by atoms with Crippen LogP contribution in [0.1, 0.15) is 182 Å². The van der Waals surface area contributed by atoms with Gasteiger partial charge in [0.15, 0.2) is 4.90 Å². The Balaban J connectivity index is 8.29. The number of hydrogen-bond acceptors (Lipinski definition) is 12. The normalized spacial score (nSPS) is 15.3. The Labute approximate surface area is 382 Å². The summed E-state index contributed by atoms with van der Waals surface area (Å²) in [6, 6.07) is 0. The Kier molecular flexibility index (Phi) is 26.6. The Bertz CT molecular complexity index is 1630. The van der Waals surface area contributed by atoms with Crippen molar-refractivity contribution in [1.82, 2.24) is 0 Å². The van der Waals surface area contributed by atoms with Gasteiger partial charge in [0.05, 0.1) is 22.9 Å². The number of ether oxygens (including phenoxy) is 3. The van der Waals surface area contributed by atoms with Gasteiger partial charge in [0.2, 0.25) is 20.4 Å². The largest absolute Gasteiger partial charge is 0.438 e. The van der Waals surface area contributed by atoms with Crippen molar-refractivity contribution in [3.05, 3.63) is 58.2 Å². The molecule has 14 heteroatoms. The molecule has 12 nitrogen and oxygen atoms in total. The van der Waals surface area contributed by atoms with Gasteiger partial charge >= 0.3 is 33.1 Å². The molecule has 0 heterocycles. The van der Waals surface area contributed by atoms with Crippen molar-refractivity contribution < 1.29 is 55.8 Å². The summed E-state index contributed by atoms with van der Waals surface area (Å²) in [7, 11) is -9.89. The first kappa shape index (κ1) is 60.4. The smallest absolute Gasteiger partial charge is 0.355 e. The zero-order valence-electron chi connectivity index (χ0n) is 42.4. The lowest BCUT2D eigenvalue weighted by Crippen LogP contribution is -2.35. The lowest BCUT2D eigenvalue weighted by molar-refractivity contribution is -0.162. The van der Waals surface area contributed by atoms with Crippen LogP contribution >= 0.6 is 15.2 Å². The van der Waals surface area contributed by atoms with Crippen LogP contribution in [0.15, 0.2) is 58.2 Å². The molecule has 0 saturated carbocycles. The standard InChI is InChI=1S/C49H86O12P2/c1-37(2)22-19-25-40(7)28-31-49(32-29-41(8)26-20-23-38(3)4,63(54,60-35-56-44(51)47(13,14)15)61-36-57-45(52)48(16,17)18)62(53,59-34-55-43(50)46(10,11)12)58-33-30-42(9)27-21-24-39(5)6/h22-24,28-29,42H,19-21,25-27,30-36H2,1-18H3/b40-28+,41-29+/t42-,62?/m0/s1. The first-order chi connectivity index (χ1) is 28.8. The average molecular weight is 929 g/mol. The molecule has 1 unspecified atom stereocenters. The minimum atomic E-state index is -5.01. The van der Waals surface area contributed by atoms with Gasteiger partial charge < -0.3 is 18.7 Å². The number of carbonyl (C=O) groups excluding carboxylic acids is 3. The van der Waals surface area contributed by atoms with E-state index in [4.69, 9.17) is 32.3 Å². The first-order valence-electron chi connectivity index (χ1n) is 22.3. The van der Waals surface area contributed by atoms with Crippen LogP contribution in [0, 0.1) is 22.2 Å². The van der Waals surface area contributed by atoms with Crippen LogP contribution in [0.4, 0.5) is 0 Å². The molecule has 364 valence electrons. The second-order valence-electron chi connectivity index (χ2n) is 20.5. The molecule has 0 N–H and O–H groups in total. The van der Waals surface area contributed by atoms with Gasteiger partial charge in [-0.15, -0.1) is 0 Å². The van der Waals surface area contributed by atoms with Crippen molar-refractivity contribution in [2.45, 2.75) is 187 Å². The molecule has 0 bridgehead atoms. The highest BCUT2D eigenvalue weighted by Crippen LogP contribution is 2.81. The molecule has 0 amide bonds.